The van der Waals surface area contributed by atoms with Gasteiger partial charge in [-0.2, -0.15) is 0 Å². The van der Waals surface area contributed by atoms with Gasteiger partial charge in [-0.25, -0.2) is 4.98 Å². The minimum Gasteiger partial charge on any atom is -0.357 e. The fourth-order valence-electron chi connectivity index (χ4n) is 2.15. The summed E-state index contributed by atoms with van der Waals surface area (Å²) in [5, 5.41) is 10.1. The van der Waals surface area contributed by atoms with Gasteiger partial charge in [-0.05, 0) is 12.8 Å². The fourth-order valence-corrected chi connectivity index (χ4v) is 2.70. The summed E-state index contributed by atoms with van der Waals surface area (Å²) in [4.78, 5) is 6.28. The molecule has 0 aliphatic heterocycles. The van der Waals surface area contributed by atoms with Crippen LogP contribution in [0.5, 0.6) is 0 Å². The minimum absolute atomic E-state index is 0.494. The normalized spacial score (nSPS) is 16.9. The predicted octanol–water partition coefficient (Wildman–Crippen LogP) is 2.74. The van der Waals surface area contributed by atoms with Crippen LogP contribution >= 0.6 is 11.3 Å². The van der Waals surface area contributed by atoms with Gasteiger partial charge in [0.25, 0.3) is 0 Å². The van der Waals surface area contributed by atoms with Crippen LogP contribution in [0.2, 0.25) is 0 Å². The molecule has 0 amide bonds. The van der Waals surface area contributed by atoms with Crippen LogP contribution in [0.15, 0.2) is 10.9 Å². The lowest BCUT2D eigenvalue weighted by atomic mass is 10.1. The monoisotopic (exact) mass is 223 g/mol. The molecule has 0 saturated heterocycles. The van der Waals surface area contributed by atoms with Gasteiger partial charge in [0.2, 0.25) is 0 Å². The predicted molar refractivity (Wildman–Crippen MR) is 63.3 cm³/mol. The SMILES string of the molecule is CN(Cc1cscn1)C(=N)C1CCCC1. The standard InChI is InChI=1S/C11H17N3S/c1-14(6-10-7-15-8-13-10)11(12)9-4-2-3-5-9/h7-9,12H,2-6H2,1H3. The van der Waals surface area contributed by atoms with E-state index in [1.807, 2.05) is 17.5 Å². The summed E-state index contributed by atoms with van der Waals surface area (Å²) in [5.74, 6) is 1.29. The molecule has 1 aliphatic rings. The summed E-state index contributed by atoms with van der Waals surface area (Å²) in [6, 6.07) is 0. The van der Waals surface area contributed by atoms with Crippen LogP contribution in [0.1, 0.15) is 31.4 Å². The molecule has 1 fully saturated rings. The van der Waals surface area contributed by atoms with Crippen molar-refractivity contribution in [2.75, 3.05) is 7.05 Å². The van der Waals surface area contributed by atoms with Crippen molar-refractivity contribution in [3.05, 3.63) is 16.6 Å². The van der Waals surface area contributed by atoms with E-state index < -0.39 is 0 Å². The van der Waals surface area contributed by atoms with Gasteiger partial charge in [-0.15, -0.1) is 11.3 Å². The van der Waals surface area contributed by atoms with Gasteiger partial charge in [0, 0.05) is 18.3 Å². The number of thiazole rings is 1. The molecule has 1 heterocycles. The Hall–Kier alpha value is -0.900. The van der Waals surface area contributed by atoms with E-state index in [0.717, 1.165) is 18.1 Å². The van der Waals surface area contributed by atoms with Crippen molar-refractivity contribution in [1.29, 1.82) is 5.41 Å². The summed E-state index contributed by atoms with van der Waals surface area (Å²) in [5.41, 5.74) is 2.92. The van der Waals surface area contributed by atoms with E-state index in [1.54, 1.807) is 11.3 Å². The van der Waals surface area contributed by atoms with Gasteiger partial charge in [-0.1, -0.05) is 12.8 Å². The highest BCUT2D eigenvalue weighted by molar-refractivity contribution is 7.07. The molecular formula is C11H17N3S. The number of nitrogens with one attached hydrogen (secondary N) is 1. The lowest BCUT2D eigenvalue weighted by molar-refractivity contribution is 0.451. The van der Waals surface area contributed by atoms with Crippen LogP contribution in [0.3, 0.4) is 0 Å². The van der Waals surface area contributed by atoms with Crippen molar-refractivity contribution in [3.8, 4) is 0 Å². The van der Waals surface area contributed by atoms with Crippen molar-refractivity contribution < 1.29 is 0 Å². The molecule has 15 heavy (non-hydrogen) atoms. The maximum Gasteiger partial charge on any atom is 0.0990 e. The Morgan fingerprint density at radius 3 is 2.93 bits per heavy atom. The fraction of sp³-hybridized carbons (Fsp3) is 0.636. The molecule has 1 aliphatic carbocycles. The topological polar surface area (TPSA) is 40.0 Å². The van der Waals surface area contributed by atoms with Crippen LogP contribution in [0, 0.1) is 11.3 Å². The Labute approximate surface area is 94.7 Å². The second-order valence-electron chi connectivity index (χ2n) is 4.20. The molecule has 3 nitrogen and oxygen atoms in total. The maximum absolute atomic E-state index is 8.10. The number of rotatable bonds is 3. The number of nitrogens with zero attached hydrogens (tertiary/aromatic N) is 2. The number of amidine groups is 1. The summed E-state index contributed by atoms with van der Waals surface area (Å²) in [6.07, 6.45) is 4.97. The Balaban J connectivity index is 1.89. The first-order chi connectivity index (χ1) is 7.27. The molecule has 1 aromatic heterocycles. The molecule has 0 bridgehead atoms. The molecule has 0 radical (unpaired) electrons. The summed E-state index contributed by atoms with van der Waals surface area (Å²) in [6.45, 7) is 0.777. The third-order valence-corrected chi connectivity index (χ3v) is 3.67. The molecule has 0 atom stereocenters. The van der Waals surface area contributed by atoms with Gasteiger partial charge >= 0.3 is 0 Å². The zero-order chi connectivity index (χ0) is 10.7. The second-order valence-corrected chi connectivity index (χ2v) is 4.92. The molecule has 4 heteroatoms. The van der Waals surface area contributed by atoms with Crippen LogP contribution in [0.25, 0.3) is 0 Å². The number of hydrogen-bond donors (Lipinski definition) is 1. The van der Waals surface area contributed by atoms with Gasteiger partial charge in [0.05, 0.1) is 23.6 Å². The largest absolute Gasteiger partial charge is 0.357 e. The highest BCUT2D eigenvalue weighted by Gasteiger charge is 2.22. The average Bonchev–Trinajstić information content (AvgIpc) is 2.88. The van der Waals surface area contributed by atoms with E-state index in [2.05, 4.69) is 10.4 Å². The van der Waals surface area contributed by atoms with Gasteiger partial charge in [-0.3, -0.25) is 5.41 Å². The van der Waals surface area contributed by atoms with Crippen molar-refractivity contribution >= 4 is 17.2 Å². The lowest BCUT2D eigenvalue weighted by Crippen LogP contribution is -2.30. The van der Waals surface area contributed by atoms with Crippen LogP contribution in [-0.2, 0) is 6.54 Å². The molecule has 82 valence electrons. The van der Waals surface area contributed by atoms with E-state index >= 15 is 0 Å². The Morgan fingerprint density at radius 2 is 2.33 bits per heavy atom. The van der Waals surface area contributed by atoms with E-state index in [-0.39, 0.29) is 0 Å². The van der Waals surface area contributed by atoms with Gasteiger partial charge < -0.3 is 4.90 Å². The molecule has 0 unspecified atom stereocenters. The first-order valence-electron chi connectivity index (χ1n) is 5.44. The summed E-state index contributed by atoms with van der Waals surface area (Å²) in [7, 11) is 2.00. The highest BCUT2D eigenvalue weighted by atomic mass is 32.1. The van der Waals surface area contributed by atoms with E-state index in [1.165, 1.54) is 25.7 Å². The first kappa shape index (κ1) is 10.6. The molecular weight excluding hydrogens is 206 g/mol. The zero-order valence-electron chi connectivity index (χ0n) is 9.07. The molecule has 2 rings (SSSR count). The van der Waals surface area contributed by atoms with Crippen LogP contribution in [-0.4, -0.2) is 22.8 Å². The first-order valence-corrected chi connectivity index (χ1v) is 6.38. The quantitative estimate of drug-likeness (QED) is 0.632. The van der Waals surface area contributed by atoms with Crippen molar-refractivity contribution in [1.82, 2.24) is 9.88 Å². The van der Waals surface area contributed by atoms with E-state index in [0.29, 0.717) is 5.92 Å². The lowest BCUT2D eigenvalue weighted by Gasteiger charge is -2.23. The molecule has 0 aromatic carbocycles. The van der Waals surface area contributed by atoms with E-state index in [9.17, 15) is 0 Å². The van der Waals surface area contributed by atoms with Crippen LogP contribution in [0.4, 0.5) is 0 Å². The van der Waals surface area contributed by atoms with E-state index in [4.69, 9.17) is 5.41 Å². The number of aromatic nitrogens is 1. The van der Waals surface area contributed by atoms with Gasteiger partial charge in [0.15, 0.2) is 0 Å². The third-order valence-electron chi connectivity index (χ3n) is 3.04. The van der Waals surface area contributed by atoms with Crippen molar-refractivity contribution in [2.24, 2.45) is 5.92 Å². The Bertz CT molecular complexity index is 315. The molecule has 1 aromatic rings. The average molecular weight is 223 g/mol. The summed E-state index contributed by atoms with van der Waals surface area (Å²) >= 11 is 1.62. The molecule has 0 spiro atoms. The van der Waals surface area contributed by atoms with Crippen molar-refractivity contribution in [3.63, 3.8) is 0 Å². The third kappa shape index (κ3) is 2.56. The summed E-state index contributed by atoms with van der Waals surface area (Å²) < 4.78 is 0. The molecule has 1 N–H and O–H groups in total. The maximum atomic E-state index is 8.10. The second kappa shape index (κ2) is 4.75. The smallest absolute Gasteiger partial charge is 0.0990 e. The highest BCUT2D eigenvalue weighted by Crippen LogP contribution is 2.26. The van der Waals surface area contributed by atoms with Crippen LogP contribution < -0.4 is 0 Å². The Morgan fingerprint density at radius 1 is 1.60 bits per heavy atom. The zero-order valence-corrected chi connectivity index (χ0v) is 9.89. The van der Waals surface area contributed by atoms with Gasteiger partial charge in [0.1, 0.15) is 0 Å². The Kier molecular flexibility index (Phi) is 3.36. The molecule has 1 saturated carbocycles. The minimum atomic E-state index is 0.494. The number of hydrogen-bond acceptors (Lipinski definition) is 3. The van der Waals surface area contributed by atoms with Crippen molar-refractivity contribution in [2.45, 2.75) is 32.2 Å².